The molecule has 0 spiro atoms. The molecule has 118 valence electrons. The van der Waals surface area contributed by atoms with Gasteiger partial charge in [-0.2, -0.15) is 0 Å². The van der Waals surface area contributed by atoms with Crippen molar-refractivity contribution in [2.24, 2.45) is 5.92 Å². The average Bonchev–Trinajstić information content (AvgIpc) is 2.48. The van der Waals surface area contributed by atoms with Crippen LogP contribution in [0.4, 0.5) is 4.39 Å². The summed E-state index contributed by atoms with van der Waals surface area (Å²) >= 11 is 0. The van der Waals surface area contributed by atoms with Gasteiger partial charge in [-0.05, 0) is 44.0 Å². The number of nitrogens with one attached hydrogen (secondary N) is 2. The molecule has 0 saturated carbocycles. The van der Waals surface area contributed by atoms with Gasteiger partial charge in [0.1, 0.15) is 0 Å². The van der Waals surface area contributed by atoms with Gasteiger partial charge < -0.3 is 15.4 Å². The SMILES string of the molecule is Cl.O=C(CCOc1ccccc1F)NCC1CCCNC1. The van der Waals surface area contributed by atoms with Gasteiger partial charge in [0.25, 0.3) is 0 Å². The smallest absolute Gasteiger partial charge is 0.223 e. The van der Waals surface area contributed by atoms with E-state index in [1.54, 1.807) is 18.2 Å². The summed E-state index contributed by atoms with van der Waals surface area (Å²) < 4.78 is 18.5. The maximum Gasteiger partial charge on any atom is 0.223 e. The van der Waals surface area contributed by atoms with Crippen LogP contribution in [0.1, 0.15) is 19.3 Å². The minimum absolute atomic E-state index is 0. The summed E-state index contributed by atoms with van der Waals surface area (Å²) in [7, 11) is 0. The zero-order valence-corrected chi connectivity index (χ0v) is 12.8. The lowest BCUT2D eigenvalue weighted by Crippen LogP contribution is -2.38. The predicted octanol–water partition coefficient (Wildman–Crippen LogP) is 2.13. The standard InChI is InChI=1S/C15H21FN2O2.ClH/c16-13-5-1-2-6-14(13)20-9-7-15(19)18-11-12-4-3-8-17-10-12;/h1-2,5-6,12,17H,3-4,7-11H2,(H,18,19);1H. The van der Waals surface area contributed by atoms with E-state index in [0.29, 0.717) is 12.5 Å². The predicted molar refractivity (Wildman–Crippen MR) is 82.4 cm³/mol. The lowest BCUT2D eigenvalue weighted by atomic mass is 10.00. The van der Waals surface area contributed by atoms with E-state index >= 15 is 0 Å². The number of piperidine rings is 1. The first kappa shape index (κ1) is 17.7. The normalized spacial score (nSPS) is 17.7. The lowest BCUT2D eigenvalue weighted by molar-refractivity contribution is -0.121. The quantitative estimate of drug-likeness (QED) is 0.845. The first-order chi connectivity index (χ1) is 9.75. The molecule has 0 bridgehead atoms. The molecule has 1 aliphatic heterocycles. The molecule has 1 heterocycles. The minimum Gasteiger partial charge on any atom is -0.490 e. The molecule has 1 fully saturated rings. The second-order valence-electron chi connectivity index (χ2n) is 5.05. The fourth-order valence-corrected chi connectivity index (χ4v) is 2.26. The number of benzene rings is 1. The molecular formula is C15H22ClFN2O2. The summed E-state index contributed by atoms with van der Waals surface area (Å²) in [5.74, 6) is 0.255. The summed E-state index contributed by atoms with van der Waals surface area (Å²) in [4.78, 5) is 11.7. The number of carbonyl (C=O) groups is 1. The summed E-state index contributed by atoms with van der Waals surface area (Å²) in [5.41, 5.74) is 0. The average molecular weight is 317 g/mol. The third-order valence-corrected chi connectivity index (χ3v) is 3.41. The van der Waals surface area contributed by atoms with Crippen LogP contribution in [-0.4, -0.2) is 32.1 Å². The molecule has 4 nitrogen and oxygen atoms in total. The number of para-hydroxylation sites is 1. The summed E-state index contributed by atoms with van der Waals surface area (Å²) in [6, 6.07) is 6.20. The maximum absolute atomic E-state index is 13.3. The molecule has 1 atom stereocenters. The summed E-state index contributed by atoms with van der Waals surface area (Å²) in [6.07, 6.45) is 2.56. The molecule has 1 aromatic rings. The van der Waals surface area contributed by atoms with Crippen LogP contribution in [0.25, 0.3) is 0 Å². The van der Waals surface area contributed by atoms with E-state index in [9.17, 15) is 9.18 Å². The van der Waals surface area contributed by atoms with Gasteiger partial charge in [0, 0.05) is 6.54 Å². The van der Waals surface area contributed by atoms with Crippen LogP contribution in [0.15, 0.2) is 24.3 Å². The van der Waals surface area contributed by atoms with E-state index in [4.69, 9.17) is 4.74 Å². The second-order valence-corrected chi connectivity index (χ2v) is 5.05. The van der Waals surface area contributed by atoms with Gasteiger partial charge >= 0.3 is 0 Å². The van der Waals surface area contributed by atoms with Crippen LogP contribution in [0.5, 0.6) is 5.75 Å². The fourth-order valence-electron chi connectivity index (χ4n) is 2.26. The fraction of sp³-hybridized carbons (Fsp3) is 0.533. The zero-order valence-electron chi connectivity index (χ0n) is 11.9. The van der Waals surface area contributed by atoms with E-state index in [0.717, 1.165) is 25.9 Å². The Labute approximate surface area is 130 Å². The maximum atomic E-state index is 13.3. The third-order valence-electron chi connectivity index (χ3n) is 3.41. The highest BCUT2D eigenvalue weighted by Crippen LogP contribution is 2.15. The van der Waals surface area contributed by atoms with Crippen molar-refractivity contribution in [1.29, 1.82) is 0 Å². The topological polar surface area (TPSA) is 50.4 Å². The summed E-state index contributed by atoms with van der Waals surface area (Å²) in [5, 5.41) is 6.21. The molecule has 0 aliphatic carbocycles. The molecule has 1 unspecified atom stereocenters. The molecular weight excluding hydrogens is 295 g/mol. The Kier molecular flexibility index (Phi) is 8.08. The number of hydrogen-bond donors (Lipinski definition) is 2. The number of carbonyl (C=O) groups excluding carboxylic acids is 1. The molecule has 1 aromatic carbocycles. The molecule has 1 amide bonds. The second kappa shape index (κ2) is 9.58. The molecule has 21 heavy (non-hydrogen) atoms. The van der Waals surface area contributed by atoms with Crippen molar-refractivity contribution in [2.45, 2.75) is 19.3 Å². The highest BCUT2D eigenvalue weighted by Gasteiger charge is 2.13. The van der Waals surface area contributed by atoms with Crippen LogP contribution in [0, 0.1) is 11.7 Å². The van der Waals surface area contributed by atoms with Crippen LogP contribution in [0.2, 0.25) is 0 Å². The molecule has 2 rings (SSSR count). The van der Waals surface area contributed by atoms with Gasteiger partial charge in [0.2, 0.25) is 5.91 Å². The van der Waals surface area contributed by atoms with Gasteiger partial charge in [0.15, 0.2) is 11.6 Å². The molecule has 6 heteroatoms. The van der Waals surface area contributed by atoms with Crippen molar-refractivity contribution in [3.63, 3.8) is 0 Å². The van der Waals surface area contributed by atoms with Crippen molar-refractivity contribution in [1.82, 2.24) is 10.6 Å². The van der Waals surface area contributed by atoms with Crippen LogP contribution >= 0.6 is 12.4 Å². The summed E-state index contributed by atoms with van der Waals surface area (Å²) in [6.45, 7) is 2.92. The molecule has 0 aromatic heterocycles. The van der Waals surface area contributed by atoms with Crippen molar-refractivity contribution in [3.05, 3.63) is 30.1 Å². The van der Waals surface area contributed by atoms with E-state index < -0.39 is 5.82 Å². The number of amides is 1. The Bertz CT molecular complexity index is 439. The van der Waals surface area contributed by atoms with Gasteiger partial charge in [-0.15, -0.1) is 12.4 Å². The number of halogens is 2. The molecule has 1 aliphatic rings. The largest absolute Gasteiger partial charge is 0.490 e. The van der Waals surface area contributed by atoms with Gasteiger partial charge in [-0.25, -0.2) is 4.39 Å². The van der Waals surface area contributed by atoms with E-state index in [-0.39, 0.29) is 37.1 Å². The van der Waals surface area contributed by atoms with Gasteiger partial charge in [0.05, 0.1) is 13.0 Å². The van der Waals surface area contributed by atoms with Crippen molar-refractivity contribution in [2.75, 3.05) is 26.2 Å². The Morgan fingerprint density at radius 2 is 2.24 bits per heavy atom. The van der Waals surface area contributed by atoms with Gasteiger partial charge in [-0.1, -0.05) is 12.1 Å². The Hall–Kier alpha value is -1.33. The van der Waals surface area contributed by atoms with Crippen molar-refractivity contribution in [3.8, 4) is 5.75 Å². The lowest BCUT2D eigenvalue weighted by Gasteiger charge is -2.22. The van der Waals surface area contributed by atoms with Crippen molar-refractivity contribution < 1.29 is 13.9 Å². The van der Waals surface area contributed by atoms with E-state index in [1.807, 2.05) is 0 Å². The first-order valence-electron chi connectivity index (χ1n) is 7.10. The highest BCUT2D eigenvalue weighted by atomic mass is 35.5. The zero-order chi connectivity index (χ0) is 14.2. The minimum atomic E-state index is -0.402. The monoisotopic (exact) mass is 316 g/mol. The van der Waals surface area contributed by atoms with E-state index in [2.05, 4.69) is 10.6 Å². The highest BCUT2D eigenvalue weighted by molar-refractivity contribution is 5.85. The van der Waals surface area contributed by atoms with Gasteiger partial charge in [-0.3, -0.25) is 4.79 Å². The number of ether oxygens (including phenoxy) is 1. The Balaban J connectivity index is 0.00000220. The first-order valence-corrected chi connectivity index (χ1v) is 7.10. The Morgan fingerprint density at radius 3 is 2.95 bits per heavy atom. The molecule has 1 saturated heterocycles. The molecule has 2 N–H and O–H groups in total. The number of hydrogen-bond acceptors (Lipinski definition) is 3. The molecule has 0 radical (unpaired) electrons. The van der Waals surface area contributed by atoms with Crippen LogP contribution < -0.4 is 15.4 Å². The van der Waals surface area contributed by atoms with E-state index in [1.165, 1.54) is 6.07 Å². The van der Waals surface area contributed by atoms with Crippen molar-refractivity contribution >= 4 is 18.3 Å². The third kappa shape index (κ3) is 6.31. The number of rotatable bonds is 6. The van der Waals surface area contributed by atoms with Crippen LogP contribution in [0.3, 0.4) is 0 Å². The van der Waals surface area contributed by atoms with Crippen LogP contribution in [-0.2, 0) is 4.79 Å². The Morgan fingerprint density at radius 1 is 1.43 bits per heavy atom.